The van der Waals surface area contributed by atoms with Crippen molar-refractivity contribution in [3.63, 3.8) is 0 Å². The summed E-state index contributed by atoms with van der Waals surface area (Å²) in [6.07, 6.45) is 4.00. The van der Waals surface area contributed by atoms with E-state index in [0.717, 1.165) is 31.2 Å². The van der Waals surface area contributed by atoms with E-state index in [-0.39, 0.29) is 24.2 Å². The van der Waals surface area contributed by atoms with Gasteiger partial charge in [0, 0.05) is 28.2 Å². The van der Waals surface area contributed by atoms with Gasteiger partial charge in [-0.15, -0.1) is 0 Å². The molecule has 1 aliphatic rings. The summed E-state index contributed by atoms with van der Waals surface area (Å²) in [5, 5.41) is 5.50. The second-order valence-electron chi connectivity index (χ2n) is 8.10. The highest BCUT2D eigenvalue weighted by Gasteiger charge is 2.25. The van der Waals surface area contributed by atoms with Crippen LogP contribution in [-0.4, -0.2) is 46.0 Å². The molecule has 0 aliphatic heterocycles. The minimum atomic E-state index is -1.79. The van der Waals surface area contributed by atoms with Crippen LogP contribution in [0.15, 0.2) is 48.5 Å². The van der Waals surface area contributed by atoms with Gasteiger partial charge in [0.05, 0.1) is 0 Å². The van der Waals surface area contributed by atoms with Crippen LogP contribution in [0.25, 0.3) is 0 Å². The Kier molecular flexibility index (Phi) is 8.71. The Morgan fingerprint density at radius 3 is 2.33 bits per heavy atom. The molecule has 7 nitrogen and oxygen atoms in total. The van der Waals surface area contributed by atoms with Gasteiger partial charge in [0.1, 0.15) is 23.9 Å². The Morgan fingerprint density at radius 2 is 1.67 bits per heavy atom. The van der Waals surface area contributed by atoms with Gasteiger partial charge in [0.25, 0.3) is 0 Å². The molecule has 176 valence electrons. The number of benzene rings is 2. The first-order chi connectivity index (χ1) is 15.8. The van der Waals surface area contributed by atoms with Gasteiger partial charge in [-0.05, 0) is 55.7 Å². The molecule has 1 atom stereocenters. The minimum absolute atomic E-state index is 0.121. The molecule has 0 radical (unpaired) electrons. The number of amides is 3. The second kappa shape index (κ2) is 11.7. The van der Waals surface area contributed by atoms with Crippen molar-refractivity contribution in [2.24, 2.45) is 0 Å². The first-order valence-corrected chi connectivity index (χ1v) is 12.4. The van der Waals surface area contributed by atoms with Gasteiger partial charge in [-0.25, -0.2) is 4.39 Å². The number of carbonyl (C=O) groups excluding carboxylic acids is 3. The Bertz CT molecular complexity index is 1020. The van der Waals surface area contributed by atoms with Crippen LogP contribution < -0.4 is 15.5 Å². The van der Waals surface area contributed by atoms with Crippen molar-refractivity contribution < 1.29 is 23.0 Å². The van der Waals surface area contributed by atoms with E-state index in [1.807, 2.05) is 19.1 Å². The largest absolute Gasteiger partial charge is 0.352 e. The lowest BCUT2D eigenvalue weighted by molar-refractivity contribution is -0.123. The maximum atomic E-state index is 13.0. The zero-order chi connectivity index (χ0) is 23.8. The van der Waals surface area contributed by atoms with Crippen molar-refractivity contribution in [1.82, 2.24) is 5.32 Å². The average Bonchev–Trinajstić information content (AvgIpc) is 3.27. The molecule has 1 saturated carbocycles. The van der Waals surface area contributed by atoms with Crippen LogP contribution in [0.5, 0.6) is 0 Å². The number of rotatable bonds is 9. The summed E-state index contributed by atoms with van der Waals surface area (Å²) in [6.45, 7) is 1.65. The standard InChI is InChI=1S/C24H28FN3O4S/c1-17-6-2-5-9-21(17)28(14-22(29)26-19-7-3-4-8-19)24(31)16-33(32)15-23(30)27-20-12-10-18(25)11-13-20/h2,5-6,9-13,19H,3-4,7-8,14-16H2,1H3,(H,26,29)(H,27,30)/t33-/m1/s1. The normalized spacial score (nSPS) is 14.5. The number of carbonyl (C=O) groups is 3. The fourth-order valence-electron chi connectivity index (χ4n) is 3.80. The Balaban J connectivity index is 1.62. The molecule has 9 heteroatoms. The molecule has 0 heterocycles. The van der Waals surface area contributed by atoms with E-state index in [4.69, 9.17) is 0 Å². The summed E-state index contributed by atoms with van der Waals surface area (Å²) < 4.78 is 25.5. The lowest BCUT2D eigenvalue weighted by Crippen LogP contribution is -2.45. The summed E-state index contributed by atoms with van der Waals surface area (Å²) in [6, 6.07) is 12.5. The van der Waals surface area contributed by atoms with Crippen molar-refractivity contribution in [2.45, 2.75) is 38.6 Å². The van der Waals surface area contributed by atoms with E-state index in [1.165, 1.54) is 29.2 Å². The number of aryl methyl sites for hydroxylation is 1. The van der Waals surface area contributed by atoms with Gasteiger partial charge in [-0.1, -0.05) is 31.0 Å². The lowest BCUT2D eigenvalue weighted by atomic mass is 10.1. The molecular formula is C24H28FN3O4S. The van der Waals surface area contributed by atoms with Crippen LogP contribution in [-0.2, 0) is 25.2 Å². The maximum Gasteiger partial charge on any atom is 0.240 e. The van der Waals surface area contributed by atoms with Crippen LogP contribution in [0.2, 0.25) is 0 Å². The molecule has 1 fully saturated rings. The highest BCUT2D eigenvalue weighted by atomic mass is 32.2. The summed E-state index contributed by atoms with van der Waals surface area (Å²) in [7, 11) is -1.79. The number of para-hydroxylation sites is 1. The predicted molar refractivity (Wildman–Crippen MR) is 127 cm³/mol. The van der Waals surface area contributed by atoms with E-state index >= 15 is 0 Å². The lowest BCUT2D eigenvalue weighted by Gasteiger charge is -2.25. The average molecular weight is 474 g/mol. The molecule has 33 heavy (non-hydrogen) atoms. The Morgan fingerprint density at radius 1 is 1.00 bits per heavy atom. The van der Waals surface area contributed by atoms with Crippen molar-refractivity contribution >= 4 is 39.9 Å². The van der Waals surface area contributed by atoms with Crippen molar-refractivity contribution in [3.8, 4) is 0 Å². The number of nitrogens with one attached hydrogen (secondary N) is 2. The molecule has 1 aliphatic carbocycles. The van der Waals surface area contributed by atoms with E-state index in [1.54, 1.807) is 12.1 Å². The van der Waals surface area contributed by atoms with Gasteiger partial charge in [0.15, 0.2) is 0 Å². The first kappa shape index (κ1) is 24.6. The van der Waals surface area contributed by atoms with Gasteiger partial charge < -0.3 is 15.5 Å². The van der Waals surface area contributed by atoms with Crippen molar-refractivity contribution in [2.75, 3.05) is 28.3 Å². The molecule has 3 amide bonds. The molecule has 0 saturated heterocycles. The SMILES string of the molecule is Cc1ccccc1N(CC(=O)NC1CCCC1)C(=O)C[S@](=O)CC(=O)Nc1ccc(F)cc1. The van der Waals surface area contributed by atoms with Crippen LogP contribution in [0.3, 0.4) is 0 Å². The highest BCUT2D eigenvalue weighted by Crippen LogP contribution is 2.21. The molecule has 0 spiro atoms. The van der Waals surface area contributed by atoms with Crippen LogP contribution in [0, 0.1) is 12.7 Å². The van der Waals surface area contributed by atoms with Gasteiger partial charge in [0.2, 0.25) is 17.7 Å². The highest BCUT2D eigenvalue weighted by molar-refractivity contribution is 7.86. The van der Waals surface area contributed by atoms with Gasteiger partial charge >= 0.3 is 0 Å². The molecule has 2 aromatic carbocycles. The number of anilines is 2. The maximum absolute atomic E-state index is 13.0. The smallest absolute Gasteiger partial charge is 0.240 e. The van der Waals surface area contributed by atoms with Crippen LogP contribution in [0.4, 0.5) is 15.8 Å². The quantitative estimate of drug-likeness (QED) is 0.585. The topological polar surface area (TPSA) is 95.6 Å². The third-order valence-electron chi connectivity index (χ3n) is 5.43. The number of nitrogens with zero attached hydrogens (tertiary/aromatic N) is 1. The summed E-state index contributed by atoms with van der Waals surface area (Å²) >= 11 is 0. The van der Waals surface area contributed by atoms with E-state index in [0.29, 0.717) is 11.4 Å². The number of halogens is 1. The third kappa shape index (κ3) is 7.49. The summed E-state index contributed by atoms with van der Waals surface area (Å²) in [4.78, 5) is 39.1. The Labute approximate surface area is 195 Å². The van der Waals surface area contributed by atoms with E-state index < -0.39 is 34.2 Å². The zero-order valence-corrected chi connectivity index (χ0v) is 19.3. The molecule has 2 aromatic rings. The molecule has 3 rings (SSSR count). The van der Waals surface area contributed by atoms with Crippen LogP contribution >= 0.6 is 0 Å². The monoisotopic (exact) mass is 473 g/mol. The Hall–Kier alpha value is -3.07. The van der Waals surface area contributed by atoms with E-state index in [9.17, 15) is 23.0 Å². The van der Waals surface area contributed by atoms with Gasteiger partial charge in [-0.3, -0.25) is 18.6 Å². The second-order valence-corrected chi connectivity index (χ2v) is 9.56. The first-order valence-electron chi connectivity index (χ1n) is 10.9. The molecule has 0 aromatic heterocycles. The molecular weight excluding hydrogens is 445 g/mol. The molecule has 0 unspecified atom stereocenters. The van der Waals surface area contributed by atoms with Gasteiger partial charge in [-0.2, -0.15) is 0 Å². The molecule has 0 bridgehead atoms. The third-order valence-corrected chi connectivity index (χ3v) is 6.59. The fourth-order valence-corrected chi connectivity index (χ4v) is 4.70. The van der Waals surface area contributed by atoms with Crippen LogP contribution in [0.1, 0.15) is 31.2 Å². The number of hydrogen-bond acceptors (Lipinski definition) is 4. The molecule has 2 N–H and O–H groups in total. The minimum Gasteiger partial charge on any atom is -0.352 e. The van der Waals surface area contributed by atoms with Crippen molar-refractivity contribution in [1.29, 1.82) is 0 Å². The number of hydrogen-bond donors (Lipinski definition) is 2. The predicted octanol–water partition coefficient (Wildman–Crippen LogP) is 2.91. The van der Waals surface area contributed by atoms with Crippen molar-refractivity contribution in [3.05, 3.63) is 59.9 Å². The zero-order valence-electron chi connectivity index (χ0n) is 18.5. The fraction of sp³-hybridized carbons (Fsp3) is 0.375. The summed E-state index contributed by atoms with van der Waals surface area (Å²) in [5.74, 6) is -2.54. The summed E-state index contributed by atoms with van der Waals surface area (Å²) in [5.41, 5.74) is 1.74. The van der Waals surface area contributed by atoms with E-state index in [2.05, 4.69) is 10.6 Å².